The number of esters is 1. The van der Waals surface area contributed by atoms with Gasteiger partial charge in [-0.25, -0.2) is 4.79 Å². The van der Waals surface area contributed by atoms with Crippen LogP contribution < -0.4 is 15.2 Å². The highest BCUT2D eigenvalue weighted by Gasteiger charge is 2.33. The fourth-order valence-corrected chi connectivity index (χ4v) is 4.57. The molecule has 2 saturated heterocycles. The lowest BCUT2D eigenvalue weighted by molar-refractivity contribution is -0.148. The van der Waals surface area contributed by atoms with Crippen LogP contribution in [0.3, 0.4) is 0 Å². The number of nitrogens with zero attached hydrogens (tertiary/aromatic N) is 1. The molecule has 0 unspecified atom stereocenters. The minimum atomic E-state index is -0.576. The van der Waals surface area contributed by atoms with E-state index >= 15 is 0 Å². The standard InChI is InChI=1S/C22H31ClN2O7/c1-22(31-9-10-32-22)4-2-5-25-6-3-14(17(26)12-25)13-30-21(27)15-11-16(23)18(24)20-19(15)28-7-8-29-20/h11,14,17,26H,2-10,12-13,24H2,1H3/t14-,17+/m1/s1. The molecule has 2 atom stereocenters. The highest BCUT2D eigenvalue weighted by atomic mass is 35.5. The van der Waals surface area contributed by atoms with Crippen LogP contribution in [0.1, 0.15) is 36.5 Å². The minimum absolute atomic E-state index is 0.116. The van der Waals surface area contributed by atoms with Crippen molar-refractivity contribution in [1.29, 1.82) is 0 Å². The van der Waals surface area contributed by atoms with E-state index in [0.717, 1.165) is 32.4 Å². The smallest absolute Gasteiger partial charge is 0.342 e. The van der Waals surface area contributed by atoms with E-state index in [2.05, 4.69) is 4.90 Å². The van der Waals surface area contributed by atoms with Crippen molar-refractivity contribution in [2.24, 2.45) is 5.92 Å². The van der Waals surface area contributed by atoms with Gasteiger partial charge in [-0.05, 0) is 38.9 Å². The number of hydrogen-bond donors (Lipinski definition) is 2. The Balaban J connectivity index is 1.26. The Bertz CT molecular complexity index is 831. The van der Waals surface area contributed by atoms with E-state index in [4.69, 9.17) is 41.0 Å². The Hall–Kier alpha value is -1.78. The average Bonchev–Trinajstić information content (AvgIpc) is 3.22. The largest absolute Gasteiger partial charge is 0.485 e. The maximum Gasteiger partial charge on any atom is 0.342 e. The van der Waals surface area contributed by atoms with Gasteiger partial charge in [-0.15, -0.1) is 0 Å². The molecule has 0 radical (unpaired) electrons. The van der Waals surface area contributed by atoms with Crippen LogP contribution in [0.25, 0.3) is 0 Å². The second-order valence-electron chi connectivity index (χ2n) is 8.62. The molecular formula is C22H31ClN2O7. The molecule has 4 rings (SSSR count). The van der Waals surface area contributed by atoms with Crippen molar-refractivity contribution in [2.75, 3.05) is 58.4 Å². The Labute approximate surface area is 192 Å². The summed E-state index contributed by atoms with van der Waals surface area (Å²) in [6.07, 6.45) is 1.91. The van der Waals surface area contributed by atoms with E-state index in [0.29, 0.717) is 33.0 Å². The number of halogens is 1. The number of likely N-dealkylation sites (tertiary alicyclic amines) is 1. The number of rotatable bonds is 7. The molecule has 1 aromatic rings. The van der Waals surface area contributed by atoms with E-state index in [9.17, 15) is 9.90 Å². The number of nitrogen functional groups attached to an aromatic ring is 1. The summed E-state index contributed by atoms with van der Waals surface area (Å²) in [5.74, 6) is -0.669. The maximum atomic E-state index is 12.7. The van der Waals surface area contributed by atoms with E-state index in [1.807, 2.05) is 6.92 Å². The van der Waals surface area contributed by atoms with Crippen LogP contribution in [0.15, 0.2) is 6.07 Å². The predicted molar refractivity (Wildman–Crippen MR) is 117 cm³/mol. The van der Waals surface area contributed by atoms with Gasteiger partial charge in [0.25, 0.3) is 0 Å². The zero-order valence-electron chi connectivity index (χ0n) is 18.3. The molecule has 0 bridgehead atoms. The summed E-state index contributed by atoms with van der Waals surface area (Å²) < 4.78 is 27.9. The molecule has 3 aliphatic rings. The Morgan fingerprint density at radius 3 is 2.72 bits per heavy atom. The van der Waals surface area contributed by atoms with Crippen LogP contribution >= 0.6 is 11.6 Å². The average molecular weight is 471 g/mol. The maximum absolute atomic E-state index is 12.7. The fraction of sp³-hybridized carbons (Fsp3) is 0.682. The number of benzene rings is 1. The number of aliphatic hydroxyl groups is 1. The number of carbonyl (C=O) groups excluding carboxylic acids is 1. The predicted octanol–water partition coefficient (Wildman–Crippen LogP) is 2.08. The van der Waals surface area contributed by atoms with Gasteiger partial charge >= 0.3 is 5.97 Å². The molecule has 3 aliphatic heterocycles. The Kier molecular flexibility index (Phi) is 7.31. The van der Waals surface area contributed by atoms with Crippen molar-refractivity contribution >= 4 is 23.3 Å². The molecule has 0 spiro atoms. The first-order valence-corrected chi connectivity index (χ1v) is 11.5. The first-order chi connectivity index (χ1) is 15.4. The molecular weight excluding hydrogens is 440 g/mol. The number of aliphatic hydroxyl groups excluding tert-OH is 1. The van der Waals surface area contributed by atoms with Crippen molar-refractivity contribution in [3.05, 3.63) is 16.7 Å². The van der Waals surface area contributed by atoms with Gasteiger partial charge in [0.2, 0.25) is 0 Å². The number of β-amino-alcohol motifs (C(OH)–C–C–N with tert-alkyl or cyclic N) is 1. The lowest BCUT2D eigenvalue weighted by atomic mass is 9.94. The number of carbonyl (C=O) groups is 1. The monoisotopic (exact) mass is 470 g/mol. The lowest BCUT2D eigenvalue weighted by Crippen LogP contribution is -2.46. The summed E-state index contributed by atoms with van der Waals surface area (Å²) in [6, 6.07) is 1.43. The summed E-state index contributed by atoms with van der Waals surface area (Å²) in [5, 5.41) is 10.8. The summed E-state index contributed by atoms with van der Waals surface area (Å²) in [6.45, 7) is 6.24. The molecule has 32 heavy (non-hydrogen) atoms. The number of anilines is 1. The zero-order chi connectivity index (χ0) is 22.7. The van der Waals surface area contributed by atoms with Crippen LogP contribution in [0, 0.1) is 5.92 Å². The molecule has 2 fully saturated rings. The second-order valence-corrected chi connectivity index (χ2v) is 9.03. The van der Waals surface area contributed by atoms with Gasteiger partial charge in [0.1, 0.15) is 18.8 Å². The number of piperidine rings is 1. The van der Waals surface area contributed by atoms with E-state index in [-0.39, 0.29) is 40.3 Å². The van der Waals surface area contributed by atoms with Gasteiger partial charge in [0.05, 0.1) is 36.6 Å². The second kappa shape index (κ2) is 10.0. The summed E-state index contributed by atoms with van der Waals surface area (Å²) in [7, 11) is 0. The minimum Gasteiger partial charge on any atom is -0.485 e. The van der Waals surface area contributed by atoms with E-state index in [1.165, 1.54) is 6.07 Å². The number of hydrogen-bond acceptors (Lipinski definition) is 9. The summed E-state index contributed by atoms with van der Waals surface area (Å²) in [5.41, 5.74) is 6.34. The molecule has 0 aliphatic carbocycles. The van der Waals surface area contributed by atoms with Crippen molar-refractivity contribution in [3.63, 3.8) is 0 Å². The third kappa shape index (κ3) is 5.23. The van der Waals surface area contributed by atoms with Crippen LogP contribution in [0.4, 0.5) is 5.69 Å². The molecule has 3 heterocycles. The van der Waals surface area contributed by atoms with E-state index < -0.39 is 17.9 Å². The van der Waals surface area contributed by atoms with Gasteiger partial charge in [-0.1, -0.05) is 11.6 Å². The normalized spacial score (nSPS) is 25.0. The molecule has 3 N–H and O–H groups in total. The topological polar surface area (TPSA) is 113 Å². The molecule has 0 saturated carbocycles. The van der Waals surface area contributed by atoms with Crippen LogP contribution in [-0.4, -0.2) is 80.5 Å². The Morgan fingerprint density at radius 2 is 2.00 bits per heavy atom. The van der Waals surface area contributed by atoms with Crippen molar-refractivity contribution in [3.8, 4) is 11.5 Å². The Morgan fingerprint density at radius 1 is 1.28 bits per heavy atom. The third-order valence-electron chi connectivity index (χ3n) is 6.26. The van der Waals surface area contributed by atoms with Crippen LogP contribution in [0.2, 0.25) is 5.02 Å². The molecule has 9 nitrogen and oxygen atoms in total. The van der Waals surface area contributed by atoms with Gasteiger partial charge < -0.3 is 39.4 Å². The lowest BCUT2D eigenvalue weighted by Gasteiger charge is -2.36. The highest BCUT2D eigenvalue weighted by Crippen LogP contribution is 2.43. The van der Waals surface area contributed by atoms with Gasteiger partial charge in [0, 0.05) is 18.9 Å². The van der Waals surface area contributed by atoms with Crippen molar-refractivity contribution in [2.45, 2.75) is 38.1 Å². The van der Waals surface area contributed by atoms with Crippen LogP contribution in [-0.2, 0) is 14.2 Å². The third-order valence-corrected chi connectivity index (χ3v) is 6.57. The first-order valence-electron chi connectivity index (χ1n) is 11.1. The van der Waals surface area contributed by atoms with Crippen molar-refractivity contribution in [1.82, 2.24) is 4.90 Å². The zero-order valence-corrected chi connectivity index (χ0v) is 19.1. The highest BCUT2D eigenvalue weighted by molar-refractivity contribution is 6.34. The summed E-state index contributed by atoms with van der Waals surface area (Å²) >= 11 is 6.15. The number of ether oxygens (including phenoxy) is 5. The molecule has 0 aromatic heterocycles. The van der Waals surface area contributed by atoms with Gasteiger partial charge in [0.15, 0.2) is 17.3 Å². The molecule has 1 aromatic carbocycles. The first kappa shape index (κ1) is 23.4. The molecule has 0 amide bonds. The van der Waals surface area contributed by atoms with E-state index in [1.54, 1.807) is 0 Å². The molecule has 178 valence electrons. The quantitative estimate of drug-likeness (QED) is 0.456. The van der Waals surface area contributed by atoms with Gasteiger partial charge in [-0.3, -0.25) is 0 Å². The van der Waals surface area contributed by atoms with Crippen molar-refractivity contribution < 1.29 is 33.6 Å². The van der Waals surface area contributed by atoms with Crippen LogP contribution in [0.5, 0.6) is 11.5 Å². The van der Waals surface area contributed by atoms with Gasteiger partial charge in [-0.2, -0.15) is 0 Å². The number of nitrogens with two attached hydrogens (primary N) is 1. The SMILES string of the molecule is CC1(CCCN2CC[C@H](COC(=O)c3cc(Cl)c(N)c4c3OCCO4)[C@@H](O)C2)OCCO1. The molecule has 10 heteroatoms. The number of fused-ring (bicyclic) bond motifs is 1. The summed E-state index contributed by atoms with van der Waals surface area (Å²) in [4.78, 5) is 14.9. The fourth-order valence-electron chi connectivity index (χ4n) is 4.38.